The molecular weight excluding hydrogens is 256 g/mol. The van der Waals surface area contributed by atoms with Crippen LogP contribution in [0.1, 0.15) is 29.9 Å². The Kier molecular flexibility index (Phi) is 4.22. The Bertz CT molecular complexity index is 564. The molecule has 2 N–H and O–H groups in total. The lowest BCUT2D eigenvalue weighted by atomic mass is 10.1. The average molecular weight is 274 g/mol. The molecule has 1 heterocycles. The van der Waals surface area contributed by atoms with Crippen molar-refractivity contribution in [3.63, 3.8) is 0 Å². The Morgan fingerprint density at radius 2 is 2.00 bits per heavy atom. The molecule has 0 amide bonds. The van der Waals surface area contributed by atoms with Gasteiger partial charge in [0.2, 0.25) is 0 Å². The van der Waals surface area contributed by atoms with Gasteiger partial charge in [-0.2, -0.15) is 0 Å². The van der Waals surface area contributed by atoms with Crippen molar-refractivity contribution in [2.24, 2.45) is 0 Å². The van der Waals surface area contributed by atoms with Crippen LogP contribution in [0.4, 0.5) is 5.69 Å². The number of rotatable bonds is 3. The van der Waals surface area contributed by atoms with Crippen LogP contribution in [0.3, 0.4) is 0 Å². The molecule has 2 rings (SSSR count). The highest BCUT2D eigenvalue weighted by Gasteiger charge is 2.10. The van der Waals surface area contributed by atoms with Gasteiger partial charge >= 0.3 is 0 Å². The van der Waals surface area contributed by atoms with Crippen LogP contribution in [-0.4, -0.2) is 5.11 Å². The summed E-state index contributed by atoms with van der Waals surface area (Å²) in [6.45, 7) is 6.18. The van der Waals surface area contributed by atoms with E-state index in [0.717, 1.165) is 11.4 Å². The molecule has 0 saturated heterocycles. The largest absolute Gasteiger partial charge is 0.467 e. The topological polar surface area (TPSA) is 37.2 Å². The third kappa shape index (κ3) is 3.35. The second-order valence-corrected chi connectivity index (χ2v) is 4.99. The van der Waals surface area contributed by atoms with E-state index in [1.54, 1.807) is 6.26 Å². The molecule has 0 radical (unpaired) electrons. The maximum Gasteiger partial charge on any atom is 0.171 e. The first-order chi connectivity index (χ1) is 9.08. The van der Waals surface area contributed by atoms with Crippen molar-refractivity contribution < 1.29 is 4.42 Å². The molecular formula is C15H18N2OS. The van der Waals surface area contributed by atoms with E-state index in [0.29, 0.717) is 5.11 Å². The smallest absolute Gasteiger partial charge is 0.171 e. The lowest BCUT2D eigenvalue weighted by Gasteiger charge is -2.17. The van der Waals surface area contributed by atoms with E-state index in [-0.39, 0.29) is 6.04 Å². The Morgan fingerprint density at radius 1 is 1.21 bits per heavy atom. The summed E-state index contributed by atoms with van der Waals surface area (Å²) in [5.74, 6) is 0.866. The van der Waals surface area contributed by atoms with Gasteiger partial charge in [-0.25, -0.2) is 0 Å². The molecule has 100 valence electrons. The normalized spacial score (nSPS) is 11.9. The molecule has 3 nitrogen and oxygen atoms in total. The Hall–Kier alpha value is -1.81. The fourth-order valence-corrected chi connectivity index (χ4v) is 2.14. The van der Waals surface area contributed by atoms with Crippen LogP contribution >= 0.6 is 12.2 Å². The molecule has 19 heavy (non-hydrogen) atoms. The van der Waals surface area contributed by atoms with E-state index in [9.17, 15) is 0 Å². The molecule has 1 atom stereocenters. The molecule has 0 unspecified atom stereocenters. The van der Waals surface area contributed by atoms with E-state index < -0.39 is 0 Å². The number of aryl methyl sites for hydroxylation is 1. The van der Waals surface area contributed by atoms with Crippen LogP contribution in [-0.2, 0) is 0 Å². The highest BCUT2D eigenvalue weighted by atomic mass is 32.1. The van der Waals surface area contributed by atoms with Crippen LogP contribution in [0.2, 0.25) is 0 Å². The predicted molar refractivity (Wildman–Crippen MR) is 82.4 cm³/mol. The predicted octanol–water partition coefficient (Wildman–Crippen LogP) is 3.94. The molecule has 0 fully saturated rings. The number of thiocarbonyl (C=S) groups is 1. The van der Waals surface area contributed by atoms with Crippen LogP contribution in [0.25, 0.3) is 0 Å². The zero-order valence-electron chi connectivity index (χ0n) is 11.4. The lowest BCUT2D eigenvalue weighted by molar-refractivity contribution is 0.464. The van der Waals surface area contributed by atoms with E-state index in [1.165, 1.54) is 11.1 Å². The number of nitrogens with one attached hydrogen (secondary N) is 2. The summed E-state index contributed by atoms with van der Waals surface area (Å²) in [5.41, 5.74) is 3.48. The first-order valence-electron chi connectivity index (χ1n) is 6.25. The first kappa shape index (κ1) is 13.6. The summed E-state index contributed by atoms with van der Waals surface area (Å²) in [6, 6.07) is 9.96. The number of hydrogen-bond acceptors (Lipinski definition) is 2. The monoisotopic (exact) mass is 274 g/mol. The number of anilines is 1. The van der Waals surface area contributed by atoms with Crippen molar-refractivity contribution in [2.75, 3.05) is 5.32 Å². The van der Waals surface area contributed by atoms with Crippen molar-refractivity contribution >= 4 is 23.0 Å². The minimum atomic E-state index is 0.0418. The standard InChI is InChI=1S/C15H18N2OS/c1-10-6-4-7-13(11(10)2)17-15(19)16-12(3)14-8-5-9-18-14/h4-9,12H,1-3H3,(H2,16,17,19)/t12-/m0/s1. The Morgan fingerprint density at radius 3 is 2.68 bits per heavy atom. The molecule has 2 aromatic rings. The summed E-state index contributed by atoms with van der Waals surface area (Å²) in [7, 11) is 0. The van der Waals surface area contributed by atoms with Gasteiger partial charge in [-0.3, -0.25) is 0 Å². The van der Waals surface area contributed by atoms with Gasteiger partial charge in [-0.05, 0) is 62.3 Å². The highest BCUT2D eigenvalue weighted by molar-refractivity contribution is 7.80. The molecule has 1 aromatic heterocycles. The quantitative estimate of drug-likeness (QED) is 0.831. The zero-order chi connectivity index (χ0) is 13.8. The van der Waals surface area contributed by atoms with Gasteiger partial charge in [-0.15, -0.1) is 0 Å². The van der Waals surface area contributed by atoms with Crippen LogP contribution in [0.5, 0.6) is 0 Å². The molecule has 0 aliphatic heterocycles. The summed E-state index contributed by atoms with van der Waals surface area (Å²) in [6.07, 6.45) is 1.66. The van der Waals surface area contributed by atoms with E-state index in [4.69, 9.17) is 16.6 Å². The molecule has 0 spiro atoms. The van der Waals surface area contributed by atoms with Crippen molar-refractivity contribution in [1.29, 1.82) is 0 Å². The van der Waals surface area contributed by atoms with Crippen molar-refractivity contribution in [1.82, 2.24) is 5.32 Å². The fourth-order valence-electron chi connectivity index (χ4n) is 1.85. The van der Waals surface area contributed by atoms with Crippen LogP contribution in [0, 0.1) is 13.8 Å². The van der Waals surface area contributed by atoms with Gasteiger partial charge < -0.3 is 15.1 Å². The fraction of sp³-hybridized carbons (Fsp3) is 0.267. The Balaban J connectivity index is 2.00. The van der Waals surface area contributed by atoms with Gasteiger partial charge in [0.15, 0.2) is 5.11 Å². The SMILES string of the molecule is Cc1cccc(NC(=S)N[C@@H](C)c2ccco2)c1C. The minimum absolute atomic E-state index is 0.0418. The summed E-state index contributed by atoms with van der Waals surface area (Å²) in [5, 5.41) is 7.02. The van der Waals surface area contributed by atoms with Crippen LogP contribution in [0.15, 0.2) is 41.0 Å². The molecule has 0 saturated carbocycles. The van der Waals surface area contributed by atoms with E-state index >= 15 is 0 Å². The van der Waals surface area contributed by atoms with Gasteiger partial charge in [0.25, 0.3) is 0 Å². The van der Waals surface area contributed by atoms with Gasteiger partial charge in [0.1, 0.15) is 5.76 Å². The van der Waals surface area contributed by atoms with Crippen molar-refractivity contribution in [2.45, 2.75) is 26.8 Å². The second-order valence-electron chi connectivity index (χ2n) is 4.58. The molecule has 0 aliphatic rings. The minimum Gasteiger partial charge on any atom is -0.467 e. The highest BCUT2D eigenvalue weighted by Crippen LogP contribution is 2.18. The zero-order valence-corrected chi connectivity index (χ0v) is 12.2. The van der Waals surface area contributed by atoms with Crippen molar-refractivity contribution in [3.05, 3.63) is 53.5 Å². The number of furan rings is 1. The molecule has 0 aliphatic carbocycles. The summed E-state index contributed by atoms with van der Waals surface area (Å²) in [4.78, 5) is 0. The third-order valence-electron chi connectivity index (χ3n) is 3.17. The van der Waals surface area contributed by atoms with Crippen molar-refractivity contribution in [3.8, 4) is 0 Å². The second kappa shape index (κ2) is 5.89. The van der Waals surface area contributed by atoms with Crippen LogP contribution < -0.4 is 10.6 Å². The first-order valence-corrected chi connectivity index (χ1v) is 6.66. The molecule has 4 heteroatoms. The average Bonchev–Trinajstić information content (AvgIpc) is 2.88. The summed E-state index contributed by atoms with van der Waals surface area (Å²) < 4.78 is 5.34. The maximum atomic E-state index is 5.34. The molecule has 0 bridgehead atoms. The van der Waals surface area contributed by atoms with Gasteiger partial charge in [-0.1, -0.05) is 12.1 Å². The van der Waals surface area contributed by atoms with Gasteiger partial charge in [0, 0.05) is 5.69 Å². The summed E-state index contributed by atoms with van der Waals surface area (Å²) >= 11 is 5.33. The number of hydrogen-bond donors (Lipinski definition) is 2. The van der Waals surface area contributed by atoms with E-state index in [1.807, 2.05) is 31.2 Å². The molecule has 1 aromatic carbocycles. The maximum absolute atomic E-state index is 5.34. The number of benzene rings is 1. The third-order valence-corrected chi connectivity index (χ3v) is 3.39. The Labute approximate surface area is 119 Å². The lowest BCUT2D eigenvalue weighted by Crippen LogP contribution is -2.31. The van der Waals surface area contributed by atoms with E-state index in [2.05, 4.69) is 30.5 Å². The van der Waals surface area contributed by atoms with Gasteiger partial charge in [0.05, 0.1) is 12.3 Å².